The van der Waals surface area contributed by atoms with Crippen molar-refractivity contribution in [2.75, 3.05) is 0 Å². The fourth-order valence-corrected chi connectivity index (χ4v) is 2.39. The average Bonchev–Trinajstić information content (AvgIpc) is 2.48. The number of para-hydroxylation sites is 1. The minimum absolute atomic E-state index is 0.281. The van der Waals surface area contributed by atoms with Crippen molar-refractivity contribution in [1.82, 2.24) is 4.98 Å². The Kier molecular flexibility index (Phi) is 3.20. The summed E-state index contributed by atoms with van der Waals surface area (Å²) in [5.74, 6) is -0.406. The fraction of sp³-hybridized carbons (Fsp3) is 0.118. The second kappa shape index (κ2) is 5.02. The molecule has 0 aliphatic rings. The van der Waals surface area contributed by atoms with E-state index in [-0.39, 0.29) is 5.56 Å². The van der Waals surface area contributed by atoms with E-state index in [1.54, 1.807) is 24.4 Å². The van der Waals surface area contributed by atoms with Crippen LogP contribution in [0.5, 0.6) is 0 Å². The number of aryl methyl sites for hydroxylation is 1. The predicted octanol–water partition coefficient (Wildman–Crippen LogP) is 3.76. The summed E-state index contributed by atoms with van der Waals surface area (Å²) in [4.78, 5) is 4.30. The highest BCUT2D eigenvalue weighted by molar-refractivity contribution is 5.82. The number of halogens is 1. The van der Waals surface area contributed by atoms with Gasteiger partial charge in [0.05, 0.1) is 5.52 Å². The van der Waals surface area contributed by atoms with Crippen LogP contribution < -0.4 is 0 Å². The number of fused-ring (bicyclic) bond motifs is 1. The number of aliphatic hydroxyl groups is 1. The van der Waals surface area contributed by atoms with Crippen molar-refractivity contribution in [3.05, 3.63) is 77.2 Å². The number of nitrogens with zero attached hydrogens (tertiary/aromatic N) is 1. The molecule has 2 nitrogen and oxygen atoms in total. The molecule has 3 rings (SSSR count). The van der Waals surface area contributed by atoms with Gasteiger partial charge in [-0.25, -0.2) is 4.39 Å². The summed E-state index contributed by atoms with van der Waals surface area (Å²) >= 11 is 0. The molecule has 1 unspecified atom stereocenters. The maximum Gasteiger partial charge on any atom is 0.129 e. The highest BCUT2D eigenvalue weighted by Crippen LogP contribution is 2.29. The van der Waals surface area contributed by atoms with Crippen LogP contribution in [0.2, 0.25) is 0 Å². The number of rotatable bonds is 2. The van der Waals surface area contributed by atoms with Crippen LogP contribution in [0.3, 0.4) is 0 Å². The lowest BCUT2D eigenvalue weighted by Gasteiger charge is -2.15. The minimum atomic E-state index is -1.02. The fourth-order valence-electron chi connectivity index (χ4n) is 2.39. The Balaban J connectivity index is 2.17. The van der Waals surface area contributed by atoms with Gasteiger partial charge in [-0.3, -0.25) is 4.98 Å². The summed E-state index contributed by atoms with van der Waals surface area (Å²) in [5, 5.41) is 11.4. The maximum absolute atomic E-state index is 13.9. The van der Waals surface area contributed by atoms with Crippen molar-refractivity contribution in [3.8, 4) is 0 Å². The number of benzene rings is 2. The molecule has 0 fully saturated rings. The third-order valence-electron chi connectivity index (χ3n) is 3.40. The molecule has 1 atom stereocenters. The summed E-state index contributed by atoms with van der Waals surface area (Å²) in [6, 6.07) is 14.0. The van der Waals surface area contributed by atoms with E-state index in [9.17, 15) is 9.50 Å². The number of aromatic nitrogens is 1. The van der Waals surface area contributed by atoms with Crippen molar-refractivity contribution in [2.24, 2.45) is 0 Å². The number of hydrogen-bond donors (Lipinski definition) is 1. The van der Waals surface area contributed by atoms with E-state index in [1.165, 1.54) is 6.07 Å². The molecule has 3 heteroatoms. The van der Waals surface area contributed by atoms with Crippen LogP contribution >= 0.6 is 0 Å². The van der Waals surface area contributed by atoms with Crippen LogP contribution in [0, 0.1) is 12.7 Å². The molecular weight excluding hydrogens is 253 g/mol. The standard InChI is InChI=1S/C17H14FNO/c1-11-7-8-15(18)14(10-11)17(20)13-6-2-4-12-5-3-9-19-16(12)13/h2-10,17,20H,1H3. The second-order valence-electron chi connectivity index (χ2n) is 4.85. The first-order valence-corrected chi connectivity index (χ1v) is 6.44. The SMILES string of the molecule is Cc1ccc(F)c(C(O)c2cccc3cccnc23)c1. The molecule has 100 valence electrons. The Labute approximate surface area is 116 Å². The zero-order valence-corrected chi connectivity index (χ0v) is 11.0. The largest absolute Gasteiger partial charge is 0.383 e. The maximum atomic E-state index is 13.9. The van der Waals surface area contributed by atoms with Crippen molar-refractivity contribution in [3.63, 3.8) is 0 Å². The van der Waals surface area contributed by atoms with Gasteiger partial charge < -0.3 is 5.11 Å². The van der Waals surface area contributed by atoms with E-state index < -0.39 is 11.9 Å². The van der Waals surface area contributed by atoms with Crippen molar-refractivity contribution in [2.45, 2.75) is 13.0 Å². The van der Waals surface area contributed by atoms with Gasteiger partial charge in [0.2, 0.25) is 0 Å². The molecule has 0 radical (unpaired) electrons. The highest BCUT2D eigenvalue weighted by atomic mass is 19.1. The van der Waals surface area contributed by atoms with Gasteiger partial charge in [0.1, 0.15) is 11.9 Å². The van der Waals surface area contributed by atoms with E-state index in [0.29, 0.717) is 11.1 Å². The third-order valence-corrected chi connectivity index (χ3v) is 3.40. The molecule has 0 spiro atoms. The minimum Gasteiger partial charge on any atom is -0.383 e. The average molecular weight is 267 g/mol. The topological polar surface area (TPSA) is 33.1 Å². The Hall–Kier alpha value is -2.26. The molecule has 1 N–H and O–H groups in total. The van der Waals surface area contributed by atoms with Crippen molar-refractivity contribution >= 4 is 10.9 Å². The van der Waals surface area contributed by atoms with Gasteiger partial charge in [-0.05, 0) is 19.1 Å². The lowest BCUT2D eigenvalue weighted by atomic mass is 9.97. The van der Waals surface area contributed by atoms with Crippen molar-refractivity contribution in [1.29, 1.82) is 0 Å². The Morgan fingerprint density at radius 1 is 1.05 bits per heavy atom. The van der Waals surface area contributed by atoms with Gasteiger partial charge in [0.25, 0.3) is 0 Å². The molecule has 1 aromatic heterocycles. The molecular formula is C17H14FNO. The Bertz CT molecular complexity index is 765. The monoisotopic (exact) mass is 267 g/mol. The predicted molar refractivity (Wildman–Crippen MR) is 76.9 cm³/mol. The van der Waals surface area contributed by atoms with Gasteiger partial charge >= 0.3 is 0 Å². The normalized spacial score (nSPS) is 12.6. The molecule has 0 amide bonds. The summed E-state index contributed by atoms with van der Waals surface area (Å²) < 4.78 is 13.9. The lowest BCUT2D eigenvalue weighted by Crippen LogP contribution is -2.04. The molecule has 0 saturated heterocycles. The molecule has 20 heavy (non-hydrogen) atoms. The summed E-state index contributed by atoms with van der Waals surface area (Å²) in [6.07, 6.45) is 0.652. The molecule has 1 heterocycles. The molecule has 3 aromatic rings. The second-order valence-corrected chi connectivity index (χ2v) is 4.85. The van der Waals surface area contributed by atoms with Crippen LogP contribution in [-0.2, 0) is 0 Å². The molecule has 0 aliphatic carbocycles. The first kappa shape index (κ1) is 12.8. The van der Waals surface area contributed by atoms with E-state index in [4.69, 9.17) is 0 Å². The first-order valence-electron chi connectivity index (χ1n) is 6.44. The zero-order chi connectivity index (χ0) is 14.1. The third kappa shape index (κ3) is 2.17. The number of hydrogen-bond acceptors (Lipinski definition) is 2. The highest BCUT2D eigenvalue weighted by Gasteiger charge is 2.17. The number of aliphatic hydroxyl groups excluding tert-OH is 1. The summed E-state index contributed by atoms with van der Waals surface area (Å²) in [7, 11) is 0. The first-order chi connectivity index (χ1) is 9.66. The van der Waals surface area contributed by atoms with Gasteiger partial charge in [0, 0.05) is 22.7 Å². The zero-order valence-electron chi connectivity index (χ0n) is 11.0. The van der Waals surface area contributed by atoms with Gasteiger partial charge in [-0.15, -0.1) is 0 Å². The van der Waals surface area contributed by atoms with Crippen LogP contribution in [0.1, 0.15) is 22.8 Å². The van der Waals surface area contributed by atoms with Gasteiger partial charge in [0.15, 0.2) is 0 Å². The van der Waals surface area contributed by atoms with Crippen LogP contribution in [0.15, 0.2) is 54.7 Å². The van der Waals surface area contributed by atoms with Crippen LogP contribution in [-0.4, -0.2) is 10.1 Å². The van der Waals surface area contributed by atoms with Gasteiger partial charge in [-0.2, -0.15) is 0 Å². The van der Waals surface area contributed by atoms with Gasteiger partial charge in [-0.1, -0.05) is 42.0 Å². The molecule has 2 aromatic carbocycles. The molecule has 0 bridgehead atoms. The van der Waals surface area contributed by atoms with Crippen molar-refractivity contribution < 1.29 is 9.50 Å². The van der Waals surface area contributed by atoms with E-state index in [2.05, 4.69) is 4.98 Å². The lowest BCUT2D eigenvalue weighted by molar-refractivity contribution is 0.216. The summed E-state index contributed by atoms with van der Waals surface area (Å²) in [6.45, 7) is 1.87. The quantitative estimate of drug-likeness (QED) is 0.766. The molecule has 0 aliphatic heterocycles. The van der Waals surface area contributed by atoms with E-state index in [0.717, 1.165) is 10.9 Å². The summed E-state index contributed by atoms with van der Waals surface area (Å²) in [5.41, 5.74) is 2.51. The van der Waals surface area contributed by atoms with E-state index >= 15 is 0 Å². The van der Waals surface area contributed by atoms with E-state index in [1.807, 2.05) is 31.2 Å². The van der Waals surface area contributed by atoms with Crippen LogP contribution in [0.25, 0.3) is 10.9 Å². The van der Waals surface area contributed by atoms with Crippen LogP contribution in [0.4, 0.5) is 4.39 Å². The molecule has 0 saturated carbocycles. The Morgan fingerprint density at radius 3 is 2.70 bits per heavy atom. The Morgan fingerprint density at radius 2 is 1.85 bits per heavy atom. The smallest absolute Gasteiger partial charge is 0.129 e. The number of pyridine rings is 1.